The molecule has 1 atom stereocenters. The summed E-state index contributed by atoms with van der Waals surface area (Å²) in [5.74, 6) is 0.144. The Hall–Kier alpha value is -1.75. The van der Waals surface area contributed by atoms with E-state index in [1.165, 1.54) is 0 Å². The Morgan fingerprint density at radius 1 is 1.43 bits per heavy atom. The number of anilines is 1. The minimum Gasteiger partial charge on any atom is -0.444 e. The van der Waals surface area contributed by atoms with Gasteiger partial charge in [-0.3, -0.25) is 10.1 Å². The fourth-order valence-electron chi connectivity index (χ4n) is 2.15. The molecule has 1 saturated heterocycles. The van der Waals surface area contributed by atoms with Crippen LogP contribution in [0.3, 0.4) is 0 Å². The third-order valence-electron chi connectivity index (χ3n) is 3.07. The second-order valence-electron chi connectivity index (χ2n) is 6.07. The van der Waals surface area contributed by atoms with Crippen molar-refractivity contribution in [2.75, 3.05) is 11.9 Å². The second kappa shape index (κ2) is 5.93. The SMILES string of the molecule is CC(C)(C)OC(=O)Nc1cc(C2CNC(=O)C2)ccc1Cl. The van der Waals surface area contributed by atoms with Crippen molar-refractivity contribution in [3.8, 4) is 0 Å². The predicted octanol–water partition coefficient (Wildman–Crippen LogP) is 3.29. The molecule has 0 bridgehead atoms. The summed E-state index contributed by atoms with van der Waals surface area (Å²) in [6.45, 7) is 5.98. The van der Waals surface area contributed by atoms with Crippen LogP contribution in [0.2, 0.25) is 5.02 Å². The van der Waals surface area contributed by atoms with Crippen molar-refractivity contribution in [2.45, 2.75) is 38.7 Å². The molecule has 1 aromatic carbocycles. The van der Waals surface area contributed by atoms with Gasteiger partial charge in [0.25, 0.3) is 0 Å². The van der Waals surface area contributed by atoms with Gasteiger partial charge < -0.3 is 10.1 Å². The Balaban J connectivity index is 2.12. The molecule has 2 amide bonds. The van der Waals surface area contributed by atoms with Gasteiger partial charge >= 0.3 is 6.09 Å². The summed E-state index contributed by atoms with van der Waals surface area (Å²) in [4.78, 5) is 23.1. The van der Waals surface area contributed by atoms with Crippen LogP contribution >= 0.6 is 11.6 Å². The van der Waals surface area contributed by atoms with Crippen molar-refractivity contribution in [3.63, 3.8) is 0 Å². The molecule has 0 aromatic heterocycles. The van der Waals surface area contributed by atoms with Crippen molar-refractivity contribution in [3.05, 3.63) is 28.8 Å². The lowest BCUT2D eigenvalue weighted by molar-refractivity contribution is -0.119. The van der Waals surface area contributed by atoms with Crippen molar-refractivity contribution >= 4 is 29.3 Å². The number of rotatable bonds is 2. The van der Waals surface area contributed by atoms with Crippen molar-refractivity contribution in [1.29, 1.82) is 0 Å². The van der Waals surface area contributed by atoms with E-state index in [-0.39, 0.29) is 11.8 Å². The number of carbonyl (C=O) groups excluding carboxylic acids is 2. The van der Waals surface area contributed by atoms with Crippen LogP contribution in [-0.2, 0) is 9.53 Å². The Kier molecular flexibility index (Phi) is 4.42. The standard InChI is InChI=1S/C15H19ClN2O3/c1-15(2,3)21-14(20)18-12-6-9(4-5-11(12)16)10-7-13(19)17-8-10/h4-6,10H,7-8H2,1-3H3,(H,17,19)(H,18,20). The van der Waals surface area contributed by atoms with E-state index in [1.807, 2.05) is 6.07 Å². The Morgan fingerprint density at radius 2 is 2.14 bits per heavy atom. The quantitative estimate of drug-likeness (QED) is 0.880. The number of halogens is 1. The summed E-state index contributed by atoms with van der Waals surface area (Å²) in [7, 11) is 0. The highest BCUT2D eigenvalue weighted by Crippen LogP contribution is 2.30. The first-order chi connectivity index (χ1) is 9.74. The number of amides is 2. The van der Waals surface area contributed by atoms with Gasteiger partial charge in [-0.1, -0.05) is 17.7 Å². The highest BCUT2D eigenvalue weighted by molar-refractivity contribution is 6.33. The minimum atomic E-state index is -0.573. The lowest BCUT2D eigenvalue weighted by atomic mass is 9.98. The molecule has 0 saturated carbocycles. The van der Waals surface area contributed by atoms with Crippen LogP contribution in [-0.4, -0.2) is 24.1 Å². The highest BCUT2D eigenvalue weighted by atomic mass is 35.5. The van der Waals surface area contributed by atoms with E-state index >= 15 is 0 Å². The molecule has 1 unspecified atom stereocenters. The van der Waals surface area contributed by atoms with Crippen LogP contribution in [0.15, 0.2) is 18.2 Å². The number of nitrogens with one attached hydrogen (secondary N) is 2. The molecule has 0 radical (unpaired) electrons. The van der Waals surface area contributed by atoms with Crippen LogP contribution in [0.1, 0.15) is 38.7 Å². The number of hydrogen-bond acceptors (Lipinski definition) is 3. The zero-order valence-corrected chi connectivity index (χ0v) is 13.1. The van der Waals surface area contributed by atoms with E-state index in [0.29, 0.717) is 23.7 Å². The molecule has 114 valence electrons. The summed E-state index contributed by atoms with van der Waals surface area (Å²) in [5.41, 5.74) is 0.877. The average Bonchev–Trinajstić information content (AvgIpc) is 2.76. The molecule has 5 nitrogen and oxygen atoms in total. The Morgan fingerprint density at radius 3 is 2.71 bits per heavy atom. The second-order valence-corrected chi connectivity index (χ2v) is 6.48. The maximum absolute atomic E-state index is 11.8. The fourth-order valence-corrected chi connectivity index (χ4v) is 2.31. The van der Waals surface area contributed by atoms with Crippen LogP contribution in [0.4, 0.5) is 10.5 Å². The van der Waals surface area contributed by atoms with Crippen LogP contribution < -0.4 is 10.6 Å². The van der Waals surface area contributed by atoms with Gasteiger partial charge in [-0.25, -0.2) is 4.79 Å². The van der Waals surface area contributed by atoms with Crippen LogP contribution in [0.5, 0.6) is 0 Å². The Labute approximate surface area is 129 Å². The van der Waals surface area contributed by atoms with E-state index in [1.54, 1.807) is 32.9 Å². The fraction of sp³-hybridized carbons (Fsp3) is 0.467. The number of hydrogen-bond donors (Lipinski definition) is 2. The average molecular weight is 311 g/mol. The zero-order chi connectivity index (χ0) is 15.6. The van der Waals surface area contributed by atoms with E-state index in [9.17, 15) is 9.59 Å². The van der Waals surface area contributed by atoms with E-state index < -0.39 is 11.7 Å². The summed E-state index contributed by atoms with van der Waals surface area (Å²) < 4.78 is 5.20. The van der Waals surface area contributed by atoms with Crippen LogP contribution in [0.25, 0.3) is 0 Å². The molecule has 1 aliphatic rings. The number of benzene rings is 1. The van der Waals surface area contributed by atoms with Crippen LogP contribution in [0, 0.1) is 0 Å². The molecule has 1 aromatic rings. The highest BCUT2D eigenvalue weighted by Gasteiger charge is 2.24. The summed E-state index contributed by atoms with van der Waals surface area (Å²) in [5, 5.41) is 5.87. The molecule has 1 heterocycles. The maximum atomic E-state index is 11.8. The number of carbonyl (C=O) groups is 2. The van der Waals surface area contributed by atoms with Gasteiger partial charge in [-0.15, -0.1) is 0 Å². The molecule has 21 heavy (non-hydrogen) atoms. The Bertz CT molecular complexity index is 567. The first-order valence-electron chi connectivity index (χ1n) is 6.81. The van der Waals surface area contributed by atoms with E-state index in [2.05, 4.69) is 10.6 Å². The maximum Gasteiger partial charge on any atom is 0.412 e. The smallest absolute Gasteiger partial charge is 0.412 e. The molecule has 1 fully saturated rings. The van der Waals surface area contributed by atoms with Gasteiger partial charge in [-0.2, -0.15) is 0 Å². The van der Waals surface area contributed by atoms with Crippen molar-refractivity contribution in [1.82, 2.24) is 5.32 Å². The largest absolute Gasteiger partial charge is 0.444 e. The topological polar surface area (TPSA) is 67.4 Å². The summed E-state index contributed by atoms with van der Waals surface area (Å²) in [6.07, 6.45) is -0.102. The molecule has 0 aliphatic carbocycles. The predicted molar refractivity (Wildman–Crippen MR) is 81.7 cm³/mol. The lowest BCUT2D eigenvalue weighted by Gasteiger charge is -2.20. The molecule has 0 spiro atoms. The first kappa shape index (κ1) is 15.6. The van der Waals surface area contributed by atoms with Gasteiger partial charge in [-0.05, 0) is 38.5 Å². The summed E-state index contributed by atoms with van der Waals surface area (Å²) >= 11 is 6.09. The van der Waals surface area contributed by atoms with E-state index in [0.717, 1.165) is 5.56 Å². The van der Waals surface area contributed by atoms with E-state index in [4.69, 9.17) is 16.3 Å². The van der Waals surface area contributed by atoms with Gasteiger partial charge in [0.05, 0.1) is 10.7 Å². The lowest BCUT2D eigenvalue weighted by Crippen LogP contribution is -2.27. The van der Waals surface area contributed by atoms with Gasteiger partial charge in [0, 0.05) is 18.9 Å². The van der Waals surface area contributed by atoms with Gasteiger partial charge in [0.15, 0.2) is 0 Å². The molecule has 1 aliphatic heterocycles. The summed E-state index contributed by atoms with van der Waals surface area (Å²) in [6, 6.07) is 5.37. The minimum absolute atomic E-state index is 0.0385. The molecular weight excluding hydrogens is 292 g/mol. The van der Waals surface area contributed by atoms with Gasteiger partial charge in [0.2, 0.25) is 5.91 Å². The monoisotopic (exact) mass is 310 g/mol. The van der Waals surface area contributed by atoms with Gasteiger partial charge in [0.1, 0.15) is 5.60 Å². The number of ether oxygens (including phenoxy) is 1. The normalized spacial score (nSPS) is 18.3. The van der Waals surface area contributed by atoms with Crippen molar-refractivity contribution in [2.24, 2.45) is 0 Å². The van der Waals surface area contributed by atoms with Crippen molar-refractivity contribution < 1.29 is 14.3 Å². The third-order valence-corrected chi connectivity index (χ3v) is 3.40. The molecule has 2 N–H and O–H groups in total. The zero-order valence-electron chi connectivity index (χ0n) is 12.3. The molecule has 6 heteroatoms. The molecular formula is C15H19ClN2O3. The third kappa shape index (κ3) is 4.36. The molecule has 2 rings (SSSR count). The first-order valence-corrected chi connectivity index (χ1v) is 7.18.